The molecule has 2 N–H and O–H groups in total. The van der Waals surface area contributed by atoms with E-state index in [0.29, 0.717) is 58.0 Å². The fourth-order valence-corrected chi connectivity index (χ4v) is 9.12. The van der Waals surface area contributed by atoms with Crippen LogP contribution in [0.2, 0.25) is 0 Å². The van der Waals surface area contributed by atoms with E-state index in [1.54, 1.807) is 26.6 Å². The predicted molar refractivity (Wildman–Crippen MR) is 190 cm³/mol. The third-order valence-electron chi connectivity index (χ3n) is 9.84. The molecule has 2 aromatic carbocycles. The molecule has 5 heterocycles. The first-order valence-electron chi connectivity index (χ1n) is 16.5. The van der Waals surface area contributed by atoms with Crippen LogP contribution in [0.5, 0.6) is 17.2 Å². The number of nitrogens with zero attached hydrogens (tertiary/aromatic N) is 4. The average Bonchev–Trinajstić information content (AvgIpc) is 3.69. The lowest BCUT2D eigenvalue weighted by Gasteiger charge is -2.39. The highest BCUT2D eigenvalue weighted by Crippen LogP contribution is 2.47. The fraction of sp³-hybridized carbons (Fsp3) is 0.529. The van der Waals surface area contributed by atoms with Gasteiger partial charge in [-0.15, -0.1) is 0 Å². The second-order valence-corrected chi connectivity index (χ2v) is 17.2. The largest absolute Gasteiger partial charge is 0.494 e. The Labute approximate surface area is 285 Å². The van der Waals surface area contributed by atoms with Crippen LogP contribution >= 0.6 is 23.1 Å². The molecule has 0 saturated carbocycles. The molecule has 0 unspecified atom stereocenters. The van der Waals surface area contributed by atoms with Crippen molar-refractivity contribution in [3.8, 4) is 17.2 Å². The number of aromatic nitrogens is 2. The van der Waals surface area contributed by atoms with E-state index in [9.17, 15) is 4.57 Å². The molecule has 4 aliphatic rings. The van der Waals surface area contributed by atoms with Gasteiger partial charge >= 0.3 is 0 Å². The third-order valence-corrected chi connectivity index (χ3v) is 11.9. The van der Waals surface area contributed by atoms with Gasteiger partial charge in [0.2, 0.25) is 5.95 Å². The van der Waals surface area contributed by atoms with Gasteiger partial charge in [0.05, 0.1) is 41.5 Å². The molecule has 3 aromatic rings. The number of benzene rings is 2. The molecule has 0 spiro atoms. The number of halogens is 1. The van der Waals surface area contributed by atoms with Crippen molar-refractivity contribution in [2.24, 2.45) is 11.8 Å². The molecule has 0 radical (unpaired) electrons. The molecule has 0 bridgehead atoms. The molecular weight excluding hydrogens is 683 g/mol. The number of likely N-dealkylation sites (tertiary alicyclic amines) is 1. The lowest BCUT2D eigenvalue weighted by atomic mass is 10.00. The van der Waals surface area contributed by atoms with Crippen LogP contribution in [-0.4, -0.2) is 94.0 Å². The number of ether oxygens (including phenoxy) is 4. The van der Waals surface area contributed by atoms with Crippen molar-refractivity contribution in [2.75, 3.05) is 88.6 Å². The highest BCUT2D eigenvalue weighted by molar-refractivity contribution is 9.10. The second kappa shape index (κ2) is 13.5. The Kier molecular flexibility index (Phi) is 9.30. The normalized spacial score (nSPS) is 21.5. The van der Waals surface area contributed by atoms with Crippen molar-refractivity contribution >= 4 is 57.2 Å². The number of hydrogen-bond acceptors (Lipinski definition) is 11. The summed E-state index contributed by atoms with van der Waals surface area (Å²) in [5, 5.41) is 7.36. The number of anilines is 5. The van der Waals surface area contributed by atoms with Crippen LogP contribution in [0.25, 0.3) is 0 Å². The minimum atomic E-state index is -2.75. The first kappa shape index (κ1) is 32.5. The Bertz CT molecular complexity index is 1670. The Balaban J connectivity index is 1.09. The number of hydrogen-bond donors (Lipinski definition) is 2. The molecule has 0 aliphatic carbocycles. The van der Waals surface area contributed by atoms with E-state index in [4.69, 9.17) is 23.9 Å². The van der Waals surface area contributed by atoms with Crippen molar-refractivity contribution in [1.82, 2.24) is 14.9 Å². The Morgan fingerprint density at radius 2 is 1.79 bits per heavy atom. The summed E-state index contributed by atoms with van der Waals surface area (Å²) in [6.45, 7) is 12.8. The van der Waals surface area contributed by atoms with Gasteiger partial charge in [-0.05, 0) is 72.3 Å². The van der Waals surface area contributed by atoms with Crippen LogP contribution in [0.4, 0.5) is 28.8 Å². The highest BCUT2D eigenvalue weighted by Gasteiger charge is 2.40. The minimum Gasteiger partial charge on any atom is -0.494 e. The van der Waals surface area contributed by atoms with Gasteiger partial charge in [0.25, 0.3) is 0 Å². The molecule has 47 heavy (non-hydrogen) atoms. The zero-order valence-electron chi connectivity index (χ0n) is 27.6. The van der Waals surface area contributed by atoms with E-state index in [2.05, 4.69) is 60.4 Å². The summed E-state index contributed by atoms with van der Waals surface area (Å²) in [6, 6.07) is 8.65. The Morgan fingerprint density at radius 1 is 1.04 bits per heavy atom. The van der Waals surface area contributed by atoms with Gasteiger partial charge in [-0.2, -0.15) is 4.98 Å². The van der Waals surface area contributed by atoms with Gasteiger partial charge in [0.15, 0.2) is 11.5 Å². The maximum Gasteiger partial charge on any atom is 0.229 e. The Morgan fingerprint density at radius 3 is 2.49 bits per heavy atom. The fourth-order valence-electron chi connectivity index (χ4n) is 7.45. The SMILES string of the molecule is CCc1cc(Nc2ncc(Br)c(Nc3ccc4c(c3P(C)(C)=O)OCCO4)n2)c(OC)cc1N1CCC(N2C[C@H]3COC[C@H]3C2)CC1. The quantitative estimate of drug-likeness (QED) is 0.259. The minimum absolute atomic E-state index is 0.403. The van der Waals surface area contributed by atoms with Crippen molar-refractivity contribution in [3.63, 3.8) is 0 Å². The van der Waals surface area contributed by atoms with Gasteiger partial charge < -0.3 is 39.0 Å². The molecule has 4 aliphatic heterocycles. The van der Waals surface area contributed by atoms with E-state index < -0.39 is 7.14 Å². The second-order valence-electron chi connectivity index (χ2n) is 13.2. The number of aryl methyl sites for hydroxylation is 1. The van der Waals surface area contributed by atoms with Gasteiger partial charge in [-0.3, -0.25) is 4.90 Å². The monoisotopic (exact) mass is 726 g/mol. The summed E-state index contributed by atoms with van der Waals surface area (Å²) in [4.78, 5) is 14.6. The van der Waals surface area contributed by atoms with E-state index in [1.807, 2.05) is 12.1 Å². The lowest BCUT2D eigenvalue weighted by Crippen LogP contribution is -2.44. The smallest absolute Gasteiger partial charge is 0.229 e. The first-order valence-corrected chi connectivity index (χ1v) is 19.9. The summed E-state index contributed by atoms with van der Waals surface area (Å²) in [5.74, 6) is 4.23. The lowest BCUT2D eigenvalue weighted by molar-refractivity contribution is 0.130. The number of rotatable bonds is 9. The summed E-state index contributed by atoms with van der Waals surface area (Å²) >= 11 is 3.59. The van der Waals surface area contributed by atoms with Gasteiger partial charge in [0.1, 0.15) is 31.9 Å². The molecule has 11 nitrogen and oxygen atoms in total. The van der Waals surface area contributed by atoms with Crippen LogP contribution in [-0.2, 0) is 15.7 Å². The van der Waals surface area contributed by atoms with Crippen molar-refractivity contribution in [1.29, 1.82) is 0 Å². The molecule has 252 valence electrons. The standard InChI is InChI=1S/C34H44BrN6O5P/c1-5-21-14-27(30(43-2)15-28(21)40-10-8-24(9-11-40)41-17-22-19-44-20-23(22)18-41)38-34-36-16-25(35)33(39-34)37-26-6-7-29-31(46-13-12-45-29)32(26)47(3,4)42/h6-7,14-16,22-24H,5,8-13,17-20H2,1-4H3,(H2,36,37,38,39)/t22-,23+. The molecule has 2 atom stereocenters. The van der Waals surface area contributed by atoms with Gasteiger partial charge in [-0.25, -0.2) is 4.98 Å². The number of nitrogens with one attached hydrogen (secondary N) is 2. The predicted octanol–water partition coefficient (Wildman–Crippen LogP) is 5.86. The van der Waals surface area contributed by atoms with Crippen LogP contribution in [0.3, 0.4) is 0 Å². The number of methoxy groups -OCH3 is 1. The third kappa shape index (κ3) is 6.67. The van der Waals surface area contributed by atoms with Crippen molar-refractivity contribution < 1.29 is 23.5 Å². The molecular formula is C34H44BrN6O5P. The average molecular weight is 728 g/mol. The van der Waals surface area contributed by atoms with Crippen LogP contribution in [0.1, 0.15) is 25.3 Å². The summed E-state index contributed by atoms with van der Waals surface area (Å²) in [6.07, 6.45) is 4.92. The first-order chi connectivity index (χ1) is 22.7. The maximum absolute atomic E-state index is 13.4. The molecule has 7 rings (SSSR count). The number of fused-ring (bicyclic) bond motifs is 2. The zero-order chi connectivity index (χ0) is 32.7. The molecule has 0 amide bonds. The number of piperidine rings is 1. The van der Waals surface area contributed by atoms with E-state index >= 15 is 0 Å². The maximum atomic E-state index is 13.4. The zero-order valence-corrected chi connectivity index (χ0v) is 30.0. The molecule has 3 saturated heterocycles. The summed E-state index contributed by atoms with van der Waals surface area (Å²) < 4.78 is 37.4. The summed E-state index contributed by atoms with van der Waals surface area (Å²) in [7, 11) is -1.06. The van der Waals surface area contributed by atoms with Crippen LogP contribution in [0, 0.1) is 11.8 Å². The van der Waals surface area contributed by atoms with Crippen LogP contribution < -0.4 is 35.0 Å². The van der Waals surface area contributed by atoms with Crippen molar-refractivity contribution in [3.05, 3.63) is 40.5 Å². The van der Waals surface area contributed by atoms with Gasteiger partial charge in [-0.1, -0.05) is 6.92 Å². The topological polar surface area (TPSA) is 110 Å². The van der Waals surface area contributed by atoms with Crippen molar-refractivity contribution in [2.45, 2.75) is 32.2 Å². The van der Waals surface area contributed by atoms with Crippen LogP contribution in [0.15, 0.2) is 34.9 Å². The molecule has 3 fully saturated rings. The highest BCUT2D eigenvalue weighted by atomic mass is 79.9. The molecule has 13 heteroatoms. The molecule has 1 aromatic heterocycles. The van der Waals surface area contributed by atoms with E-state index in [1.165, 1.54) is 37.2 Å². The van der Waals surface area contributed by atoms with E-state index in [-0.39, 0.29) is 0 Å². The Hall–Kier alpha value is -3.05. The van der Waals surface area contributed by atoms with E-state index in [0.717, 1.165) is 56.0 Å². The van der Waals surface area contributed by atoms with Gasteiger partial charge in [0, 0.05) is 62.0 Å². The summed E-state index contributed by atoms with van der Waals surface area (Å²) in [5.41, 5.74) is 3.92.